The van der Waals surface area contributed by atoms with E-state index in [0.29, 0.717) is 11.7 Å². The monoisotopic (exact) mass is 296 g/mol. The summed E-state index contributed by atoms with van der Waals surface area (Å²) in [6.07, 6.45) is 2.49. The van der Waals surface area contributed by atoms with Crippen molar-refractivity contribution in [2.45, 2.75) is 18.9 Å². The van der Waals surface area contributed by atoms with Crippen molar-refractivity contribution in [2.75, 3.05) is 29.7 Å². The smallest absolute Gasteiger partial charge is 0.296 e. The molecule has 7 heteroatoms. The fourth-order valence-electron chi connectivity index (χ4n) is 3.18. The number of nitrogens with zero attached hydrogens (tertiary/aromatic N) is 1. The third-order valence-corrected chi connectivity index (χ3v) is 4.65. The first-order valence-electron chi connectivity index (χ1n) is 6.89. The number of hydrogen-bond donors (Lipinski definition) is 3. The maximum absolute atomic E-state index is 11.0. The topological polar surface area (TPSA) is 87.5 Å². The van der Waals surface area contributed by atoms with Gasteiger partial charge in [0.2, 0.25) is 0 Å². The van der Waals surface area contributed by atoms with Crippen molar-refractivity contribution in [2.24, 2.45) is 11.1 Å². The van der Waals surface area contributed by atoms with Crippen LogP contribution in [-0.2, 0) is 10.2 Å². The SMILES string of the molecule is NS(=O)(=O)Nc1cccc(NC2CN3CCC2CC3)c1. The van der Waals surface area contributed by atoms with E-state index in [9.17, 15) is 8.42 Å². The molecule has 0 radical (unpaired) electrons. The predicted octanol–water partition coefficient (Wildman–Crippen LogP) is 0.808. The van der Waals surface area contributed by atoms with Gasteiger partial charge in [0, 0.05) is 18.3 Å². The van der Waals surface area contributed by atoms with Crippen molar-refractivity contribution in [3.8, 4) is 0 Å². The number of hydrogen-bond acceptors (Lipinski definition) is 4. The van der Waals surface area contributed by atoms with Crippen LogP contribution < -0.4 is 15.2 Å². The van der Waals surface area contributed by atoms with E-state index in [0.717, 1.165) is 18.2 Å². The number of rotatable bonds is 4. The lowest BCUT2D eigenvalue weighted by Crippen LogP contribution is -2.53. The Morgan fingerprint density at radius 1 is 1.20 bits per heavy atom. The van der Waals surface area contributed by atoms with Crippen LogP contribution in [0.15, 0.2) is 24.3 Å². The highest BCUT2D eigenvalue weighted by Gasteiger charge is 2.33. The van der Waals surface area contributed by atoms with E-state index in [4.69, 9.17) is 5.14 Å². The quantitative estimate of drug-likeness (QED) is 0.767. The van der Waals surface area contributed by atoms with Gasteiger partial charge in [0.1, 0.15) is 0 Å². The van der Waals surface area contributed by atoms with Crippen molar-refractivity contribution >= 4 is 21.6 Å². The summed E-state index contributed by atoms with van der Waals surface area (Å²) >= 11 is 0. The van der Waals surface area contributed by atoms with Crippen LogP contribution in [0, 0.1) is 5.92 Å². The van der Waals surface area contributed by atoms with E-state index in [2.05, 4.69) is 14.9 Å². The molecule has 1 atom stereocenters. The van der Waals surface area contributed by atoms with Crippen molar-refractivity contribution in [1.29, 1.82) is 0 Å². The van der Waals surface area contributed by atoms with Crippen LogP contribution in [0.5, 0.6) is 0 Å². The van der Waals surface area contributed by atoms with Gasteiger partial charge < -0.3 is 10.2 Å². The largest absolute Gasteiger partial charge is 0.381 e. The van der Waals surface area contributed by atoms with Crippen molar-refractivity contribution in [3.63, 3.8) is 0 Å². The van der Waals surface area contributed by atoms with Crippen LogP contribution >= 0.6 is 0 Å². The van der Waals surface area contributed by atoms with Gasteiger partial charge in [-0.15, -0.1) is 0 Å². The summed E-state index contributed by atoms with van der Waals surface area (Å²) in [6, 6.07) is 7.68. The van der Waals surface area contributed by atoms with Gasteiger partial charge in [-0.1, -0.05) is 6.07 Å². The summed E-state index contributed by atoms with van der Waals surface area (Å²) in [6.45, 7) is 3.48. The van der Waals surface area contributed by atoms with Gasteiger partial charge in [0.05, 0.1) is 5.69 Å². The lowest BCUT2D eigenvalue weighted by Gasteiger charge is -2.45. The molecular weight excluding hydrogens is 276 g/mol. The average Bonchev–Trinajstić information content (AvgIpc) is 2.38. The first-order valence-corrected chi connectivity index (χ1v) is 8.44. The third-order valence-electron chi connectivity index (χ3n) is 4.13. The maximum atomic E-state index is 11.0. The molecule has 0 aromatic heterocycles. The Morgan fingerprint density at radius 3 is 2.50 bits per heavy atom. The number of benzene rings is 1. The van der Waals surface area contributed by atoms with Crippen LogP contribution in [0.1, 0.15) is 12.8 Å². The third kappa shape index (κ3) is 3.23. The zero-order chi connectivity index (χ0) is 14.2. The lowest BCUT2D eigenvalue weighted by atomic mass is 9.84. The zero-order valence-electron chi connectivity index (χ0n) is 11.2. The predicted molar refractivity (Wildman–Crippen MR) is 79.7 cm³/mol. The Bertz CT molecular complexity index is 582. The highest BCUT2D eigenvalue weighted by atomic mass is 32.2. The minimum Gasteiger partial charge on any atom is -0.381 e. The molecule has 4 N–H and O–H groups in total. The number of piperidine rings is 3. The number of fused-ring (bicyclic) bond motifs is 3. The first kappa shape index (κ1) is 13.7. The molecule has 3 fully saturated rings. The molecule has 4 rings (SSSR count). The molecule has 110 valence electrons. The van der Waals surface area contributed by atoms with Crippen LogP contribution in [-0.4, -0.2) is 39.0 Å². The van der Waals surface area contributed by atoms with Crippen LogP contribution in [0.2, 0.25) is 0 Å². The molecule has 20 heavy (non-hydrogen) atoms. The molecule has 3 heterocycles. The molecule has 0 spiro atoms. The summed E-state index contributed by atoms with van der Waals surface area (Å²) in [5.74, 6) is 0.717. The Hall–Kier alpha value is -1.31. The molecule has 0 aliphatic carbocycles. The Kier molecular flexibility index (Phi) is 3.57. The van der Waals surface area contributed by atoms with Crippen LogP contribution in [0.25, 0.3) is 0 Å². The molecule has 3 aliphatic heterocycles. The summed E-state index contributed by atoms with van der Waals surface area (Å²) in [7, 11) is -3.72. The van der Waals surface area contributed by atoms with Gasteiger partial charge in [0.15, 0.2) is 0 Å². The standard InChI is InChI=1S/C13H20N4O2S/c14-20(18,19)16-12-3-1-2-11(8-12)15-13-9-17-6-4-10(13)5-7-17/h1-3,8,10,13,15-16H,4-7,9H2,(H2,14,18,19). The molecule has 0 amide bonds. The Balaban J connectivity index is 1.70. The Morgan fingerprint density at radius 2 is 1.90 bits per heavy atom. The highest BCUT2D eigenvalue weighted by Crippen LogP contribution is 2.30. The normalized spacial score (nSPS) is 29.1. The molecular formula is C13H20N4O2S. The summed E-state index contributed by atoms with van der Waals surface area (Å²) in [4.78, 5) is 2.48. The second kappa shape index (κ2) is 5.23. The van der Waals surface area contributed by atoms with Gasteiger partial charge in [0.25, 0.3) is 10.2 Å². The van der Waals surface area contributed by atoms with Gasteiger partial charge in [-0.05, 0) is 50.0 Å². The Labute approximate surface area is 119 Å². The van der Waals surface area contributed by atoms with E-state index in [-0.39, 0.29) is 0 Å². The van der Waals surface area contributed by atoms with E-state index >= 15 is 0 Å². The van der Waals surface area contributed by atoms with E-state index in [1.807, 2.05) is 12.1 Å². The van der Waals surface area contributed by atoms with Gasteiger partial charge in [-0.25, -0.2) is 5.14 Å². The second-order valence-corrected chi connectivity index (χ2v) is 6.91. The summed E-state index contributed by atoms with van der Waals surface area (Å²) in [5.41, 5.74) is 1.41. The molecule has 1 aromatic carbocycles. The van der Waals surface area contributed by atoms with Gasteiger partial charge in [-0.3, -0.25) is 4.72 Å². The fraction of sp³-hybridized carbons (Fsp3) is 0.538. The fourth-order valence-corrected chi connectivity index (χ4v) is 3.63. The van der Waals surface area contributed by atoms with E-state index in [1.165, 1.54) is 25.9 Å². The van der Waals surface area contributed by atoms with Gasteiger partial charge >= 0.3 is 0 Å². The molecule has 1 aromatic rings. The molecule has 2 bridgehead atoms. The van der Waals surface area contributed by atoms with E-state index < -0.39 is 10.2 Å². The van der Waals surface area contributed by atoms with Crippen molar-refractivity contribution in [1.82, 2.24) is 4.90 Å². The molecule has 0 saturated carbocycles. The molecule has 3 aliphatic rings. The minimum absolute atomic E-state index is 0.447. The number of nitrogens with two attached hydrogens (primary N) is 1. The molecule has 3 saturated heterocycles. The second-order valence-electron chi connectivity index (χ2n) is 5.62. The van der Waals surface area contributed by atoms with Crippen molar-refractivity contribution in [3.05, 3.63) is 24.3 Å². The van der Waals surface area contributed by atoms with Crippen LogP contribution in [0.4, 0.5) is 11.4 Å². The summed E-state index contributed by atoms with van der Waals surface area (Å²) in [5, 5.41) is 8.51. The number of anilines is 2. The van der Waals surface area contributed by atoms with Crippen molar-refractivity contribution < 1.29 is 8.42 Å². The van der Waals surface area contributed by atoms with Gasteiger partial charge in [-0.2, -0.15) is 8.42 Å². The number of nitrogens with one attached hydrogen (secondary N) is 2. The molecule has 1 unspecified atom stereocenters. The average molecular weight is 296 g/mol. The summed E-state index contributed by atoms with van der Waals surface area (Å²) < 4.78 is 24.4. The minimum atomic E-state index is -3.72. The first-order chi connectivity index (χ1) is 9.49. The lowest BCUT2D eigenvalue weighted by molar-refractivity contribution is 0.0975. The van der Waals surface area contributed by atoms with E-state index in [1.54, 1.807) is 12.1 Å². The molecule has 6 nitrogen and oxygen atoms in total. The zero-order valence-corrected chi connectivity index (χ0v) is 12.1. The maximum Gasteiger partial charge on any atom is 0.296 e. The van der Waals surface area contributed by atoms with Crippen LogP contribution in [0.3, 0.4) is 0 Å². The highest BCUT2D eigenvalue weighted by molar-refractivity contribution is 7.90.